The Bertz CT molecular complexity index is 1440. The van der Waals surface area contributed by atoms with Gasteiger partial charge in [0, 0.05) is 30.8 Å². The lowest BCUT2D eigenvalue weighted by Gasteiger charge is -2.44. The van der Waals surface area contributed by atoms with Crippen LogP contribution in [0.4, 0.5) is 0 Å². The highest BCUT2D eigenvalue weighted by Gasteiger charge is 2.53. The Hall–Kier alpha value is -2.76. The first kappa shape index (κ1) is 51.9. The molecule has 20 atom stereocenters. The Balaban J connectivity index is 1.35. The van der Waals surface area contributed by atoms with Crippen LogP contribution in [-0.2, 0) is 76.0 Å². The van der Waals surface area contributed by atoms with Gasteiger partial charge in [-0.05, 0) is 6.42 Å². The molecule has 4 aliphatic heterocycles. The van der Waals surface area contributed by atoms with Crippen molar-refractivity contribution >= 4 is 23.9 Å². The van der Waals surface area contributed by atoms with Gasteiger partial charge in [0.25, 0.3) is 0 Å². The maximum atomic E-state index is 12.9. The highest BCUT2D eigenvalue weighted by molar-refractivity contribution is 5.76. The molecule has 62 heavy (non-hydrogen) atoms. The van der Waals surface area contributed by atoms with E-state index in [1.807, 2.05) is 0 Å². The molecule has 358 valence electrons. The molecule has 4 heterocycles. The van der Waals surface area contributed by atoms with E-state index in [1.54, 1.807) is 6.92 Å². The molecule has 4 aliphatic rings. The number of aliphatic hydroxyl groups is 8. The van der Waals surface area contributed by atoms with Gasteiger partial charge in [0.1, 0.15) is 48.8 Å². The van der Waals surface area contributed by atoms with Gasteiger partial charge in [-0.3, -0.25) is 0 Å². The maximum absolute atomic E-state index is 12.9. The van der Waals surface area contributed by atoms with Crippen molar-refractivity contribution in [2.45, 2.75) is 111 Å². The quantitative estimate of drug-likeness (QED) is 0.0442. The number of carbonyl (C=O) groups is 4. The van der Waals surface area contributed by atoms with Gasteiger partial charge >= 0.3 is 23.9 Å². The molecule has 4 rings (SSSR count). The monoisotopic (exact) mass is 902 g/mol. The molecule has 8 unspecified atom stereocenters. The van der Waals surface area contributed by atoms with Crippen molar-refractivity contribution in [1.82, 2.24) is 0 Å². The van der Waals surface area contributed by atoms with Crippen LogP contribution >= 0.6 is 0 Å². The molecule has 24 nitrogen and oxygen atoms in total. The van der Waals surface area contributed by atoms with Gasteiger partial charge in [-0.1, -0.05) is 6.92 Å². The van der Waals surface area contributed by atoms with Gasteiger partial charge in [-0.25, -0.2) is 19.2 Å². The molecule has 24 heteroatoms. The SMILES string of the molecule is CC[C@H]1C(C(=O)OC)O[C@@H](COC[C@@H]2C(C(=O)OC)O[C@H](COC[C@H]3C(C(=O)OC)O[C@@H](COC[C@@H]4C(C(=O)OC)O[C@H](COC)C(O)[C@@H]4O)C(O)[C@@H]3O)C(O)[C@@H]2O)C(O)[C@@H]1O. The van der Waals surface area contributed by atoms with E-state index >= 15 is 0 Å². The van der Waals surface area contributed by atoms with Crippen LogP contribution in [0, 0.1) is 23.7 Å². The van der Waals surface area contributed by atoms with Gasteiger partial charge in [-0.15, -0.1) is 0 Å². The Morgan fingerprint density at radius 1 is 0.371 bits per heavy atom. The summed E-state index contributed by atoms with van der Waals surface area (Å²) in [7, 11) is 5.72. The summed E-state index contributed by atoms with van der Waals surface area (Å²) in [6.45, 7) is -1.28. The molecule has 0 amide bonds. The fraction of sp³-hybridized carbons (Fsp3) is 0.895. The van der Waals surface area contributed by atoms with Crippen molar-refractivity contribution in [3.05, 3.63) is 0 Å². The average molecular weight is 903 g/mol. The average Bonchev–Trinajstić information content (AvgIpc) is 3.27. The summed E-state index contributed by atoms with van der Waals surface area (Å²) in [5.41, 5.74) is 0. The summed E-state index contributed by atoms with van der Waals surface area (Å²) in [5.74, 6) is -7.98. The third-order valence-corrected chi connectivity index (χ3v) is 11.8. The zero-order valence-corrected chi connectivity index (χ0v) is 35.3. The Labute approximate surface area is 357 Å². The zero-order valence-electron chi connectivity index (χ0n) is 35.3. The number of rotatable bonds is 19. The molecule has 0 saturated carbocycles. The molecule has 0 aromatic carbocycles. The number of ether oxygens (including phenoxy) is 12. The first-order valence-corrected chi connectivity index (χ1v) is 20.1. The lowest BCUT2D eigenvalue weighted by molar-refractivity contribution is -0.247. The minimum Gasteiger partial charge on any atom is -0.467 e. The van der Waals surface area contributed by atoms with Gasteiger partial charge < -0.3 is 97.7 Å². The molecule has 0 aliphatic carbocycles. The predicted octanol–water partition coefficient (Wildman–Crippen LogP) is -5.79. The van der Waals surface area contributed by atoms with Gasteiger partial charge in [-0.2, -0.15) is 0 Å². The molecular weight excluding hydrogens is 840 g/mol. The van der Waals surface area contributed by atoms with Gasteiger partial charge in [0.2, 0.25) is 0 Å². The van der Waals surface area contributed by atoms with E-state index in [0.29, 0.717) is 0 Å². The molecule has 8 N–H and O–H groups in total. The van der Waals surface area contributed by atoms with Crippen LogP contribution in [0.25, 0.3) is 0 Å². The molecule has 0 spiro atoms. The van der Waals surface area contributed by atoms with Crippen LogP contribution in [-0.4, -0.2) is 244 Å². The van der Waals surface area contributed by atoms with E-state index in [0.717, 1.165) is 28.4 Å². The summed E-state index contributed by atoms with van der Waals surface area (Å²) in [4.78, 5) is 50.5. The zero-order chi connectivity index (χ0) is 46.0. The third kappa shape index (κ3) is 11.7. The molecule has 0 aromatic rings. The van der Waals surface area contributed by atoms with Crippen LogP contribution in [0.15, 0.2) is 0 Å². The number of esters is 4. The first-order valence-electron chi connectivity index (χ1n) is 20.1. The second kappa shape index (κ2) is 24.0. The number of aliphatic hydroxyl groups excluding tert-OH is 8. The van der Waals surface area contributed by atoms with Crippen molar-refractivity contribution in [1.29, 1.82) is 0 Å². The molecule has 0 radical (unpaired) electrons. The topological polar surface area (TPSA) is 341 Å². The fourth-order valence-corrected chi connectivity index (χ4v) is 8.16. The van der Waals surface area contributed by atoms with E-state index in [9.17, 15) is 60.0 Å². The normalized spacial score (nSPS) is 41.2. The van der Waals surface area contributed by atoms with Gasteiger partial charge in [0.05, 0.1) is 99.1 Å². The van der Waals surface area contributed by atoms with Crippen molar-refractivity contribution in [3.8, 4) is 0 Å². The van der Waals surface area contributed by atoms with Crippen LogP contribution in [0.2, 0.25) is 0 Å². The van der Waals surface area contributed by atoms with E-state index in [2.05, 4.69) is 0 Å². The second-order valence-electron chi connectivity index (χ2n) is 15.5. The smallest absolute Gasteiger partial charge is 0.335 e. The van der Waals surface area contributed by atoms with Crippen molar-refractivity contribution in [3.63, 3.8) is 0 Å². The van der Waals surface area contributed by atoms with Gasteiger partial charge in [0.15, 0.2) is 24.4 Å². The van der Waals surface area contributed by atoms with Crippen molar-refractivity contribution < 1.29 is 117 Å². The Kier molecular flexibility index (Phi) is 20.0. The van der Waals surface area contributed by atoms with Crippen LogP contribution < -0.4 is 0 Å². The molecule has 4 fully saturated rings. The highest BCUT2D eigenvalue weighted by atomic mass is 16.6. The lowest BCUT2D eigenvalue weighted by atomic mass is 9.84. The summed E-state index contributed by atoms with van der Waals surface area (Å²) in [6, 6.07) is 0. The highest BCUT2D eigenvalue weighted by Crippen LogP contribution is 2.34. The van der Waals surface area contributed by atoms with Crippen molar-refractivity contribution in [2.24, 2.45) is 23.7 Å². The van der Waals surface area contributed by atoms with Crippen LogP contribution in [0.3, 0.4) is 0 Å². The van der Waals surface area contributed by atoms with E-state index in [4.69, 9.17) is 56.8 Å². The molecule has 4 saturated heterocycles. The first-order chi connectivity index (χ1) is 29.5. The number of methoxy groups -OCH3 is 5. The van der Waals surface area contributed by atoms with Crippen LogP contribution in [0.1, 0.15) is 13.3 Å². The fourth-order valence-electron chi connectivity index (χ4n) is 8.16. The third-order valence-electron chi connectivity index (χ3n) is 11.8. The summed E-state index contributed by atoms with van der Waals surface area (Å²) in [6.07, 6.45) is -23.0. The Morgan fingerprint density at radius 3 is 0.855 bits per heavy atom. The Morgan fingerprint density at radius 2 is 0.613 bits per heavy atom. The van der Waals surface area contributed by atoms with Crippen LogP contribution in [0.5, 0.6) is 0 Å². The number of hydrogen-bond acceptors (Lipinski definition) is 24. The summed E-state index contributed by atoms with van der Waals surface area (Å²) >= 11 is 0. The van der Waals surface area contributed by atoms with E-state index in [1.165, 1.54) is 7.11 Å². The largest absolute Gasteiger partial charge is 0.467 e. The standard InChI is InChI=1S/C38H62O24/c1-7-15-23(39)28(44)20(60-31(15)35(47)52-3)12-56-9-17-25(41)30(46)22(62-33(17)37(49)54-5)14-58-10-18-26(42)29(45)21(61-34(18)38(50)55-6)13-57-8-16-24(40)27(43)19(11-51-2)59-32(16)36(48)53-4/h15-34,39-46H,7-14H2,1-6H3/t15-,16+,17+,18-,19-,20+,21+,22-,23-,24-,25-,26-,27?,28?,29?,30?,31?,32?,33?,34?/m1/s1. The molecule has 0 bridgehead atoms. The van der Waals surface area contributed by atoms with Crippen molar-refractivity contribution in [2.75, 3.05) is 81.8 Å². The maximum Gasteiger partial charge on any atom is 0.335 e. The lowest BCUT2D eigenvalue weighted by Crippen LogP contribution is -2.61. The predicted molar refractivity (Wildman–Crippen MR) is 199 cm³/mol. The summed E-state index contributed by atoms with van der Waals surface area (Å²) < 4.78 is 64.3. The van der Waals surface area contributed by atoms with E-state index in [-0.39, 0.29) is 13.0 Å². The molecule has 0 aromatic heterocycles. The molecular formula is C38H62O24. The van der Waals surface area contributed by atoms with E-state index < -0.39 is 185 Å². The second-order valence-corrected chi connectivity index (χ2v) is 15.5. The summed E-state index contributed by atoms with van der Waals surface area (Å²) in [5, 5.41) is 87.1. The number of hydrogen-bond donors (Lipinski definition) is 8. The minimum atomic E-state index is -1.71. The minimum absolute atomic E-state index is 0.140. The number of carbonyl (C=O) groups excluding carboxylic acids is 4.